The van der Waals surface area contributed by atoms with E-state index in [9.17, 15) is 19.5 Å². The third kappa shape index (κ3) is 4.11. The van der Waals surface area contributed by atoms with Gasteiger partial charge in [-0.2, -0.15) is 0 Å². The smallest absolute Gasteiger partial charge is 0.315 e. The highest BCUT2D eigenvalue weighted by Gasteiger charge is 2.44. The minimum Gasteiger partial charge on any atom is -0.481 e. The van der Waals surface area contributed by atoms with E-state index in [1.54, 1.807) is 13.8 Å². The van der Waals surface area contributed by atoms with Crippen LogP contribution >= 0.6 is 0 Å². The summed E-state index contributed by atoms with van der Waals surface area (Å²) in [5.41, 5.74) is -2.10. The van der Waals surface area contributed by atoms with Gasteiger partial charge in [-0.05, 0) is 40.5 Å². The molecule has 0 bridgehead atoms. The van der Waals surface area contributed by atoms with Crippen molar-refractivity contribution >= 4 is 17.9 Å². The van der Waals surface area contributed by atoms with E-state index < -0.39 is 23.0 Å². The van der Waals surface area contributed by atoms with Crippen LogP contribution in [0, 0.1) is 5.41 Å². The van der Waals surface area contributed by atoms with Gasteiger partial charge in [0.1, 0.15) is 0 Å². The molecule has 0 aromatic heterocycles. The number of nitrogens with one attached hydrogen (secondary N) is 3. The van der Waals surface area contributed by atoms with E-state index >= 15 is 0 Å². The Morgan fingerprint density at radius 1 is 1.15 bits per heavy atom. The van der Waals surface area contributed by atoms with Crippen molar-refractivity contribution in [3.63, 3.8) is 0 Å². The van der Waals surface area contributed by atoms with Crippen LogP contribution in [0.1, 0.15) is 40.5 Å². The molecule has 0 heterocycles. The summed E-state index contributed by atoms with van der Waals surface area (Å²) in [6.45, 7) is 6.21. The van der Waals surface area contributed by atoms with Gasteiger partial charge in [-0.15, -0.1) is 0 Å². The number of rotatable bonds is 6. The van der Waals surface area contributed by atoms with E-state index in [0.29, 0.717) is 0 Å². The first-order valence-electron chi connectivity index (χ1n) is 6.65. The summed E-state index contributed by atoms with van der Waals surface area (Å²) in [6, 6.07) is -0.315. The monoisotopic (exact) mass is 285 g/mol. The number of carbonyl (C=O) groups is 3. The second-order valence-corrected chi connectivity index (χ2v) is 6.20. The topological polar surface area (TPSA) is 108 Å². The van der Waals surface area contributed by atoms with Gasteiger partial charge in [-0.25, -0.2) is 4.79 Å². The Morgan fingerprint density at radius 3 is 2.15 bits per heavy atom. The Labute approximate surface area is 118 Å². The molecule has 0 saturated heterocycles. The zero-order valence-electron chi connectivity index (χ0n) is 12.4. The fourth-order valence-electron chi connectivity index (χ4n) is 1.42. The van der Waals surface area contributed by atoms with E-state index in [2.05, 4.69) is 16.0 Å². The Balaban J connectivity index is 2.43. The van der Waals surface area contributed by atoms with Gasteiger partial charge >= 0.3 is 12.0 Å². The van der Waals surface area contributed by atoms with Crippen LogP contribution in [-0.2, 0) is 9.59 Å². The van der Waals surface area contributed by atoms with Crippen LogP contribution < -0.4 is 16.0 Å². The molecule has 1 fully saturated rings. The Bertz CT molecular complexity index is 414. The van der Waals surface area contributed by atoms with Crippen LogP contribution in [0.5, 0.6) is 0 Å². The highest BCUT2D eigenvalue weighted by molar-refractivity contribution is 5.85. The fourth-order valence-corrected chi connectivity index (χ4v) is 1.42. The van der Waals surface area contributed by atoms with Crippen molar-refractivity contribution in [2.45, 2.75) is 52.1 Å². The maximum Gasteiger partial charge on any atom is 0.315 e. The van der Waals surface area contributed by atoms with E-state index in [4.69, 9.17) is 0 Å². The molecule has 0 aromatic rings. The first kappa shape index (κ1) is 16.3. The first-order chi connectivity index (χ1) is 9.06. The predicted molar refractivity (Wildman–Crippen MR) is 73.2 cm³/mol. The Kier molecular flexibility index (Phi) is 4.62. The van der Waals surface area contributed by atoms with Gasteiger partial charge in [0.2, 0.25) is 5.91 Å². The summed E-state index contributed by atoms with van der Waals surface area (Å²) < 4.78 is 0. The standard InChI is InChI=1S/C13H23N3O4/c1-12(2,10(18)19)13(3,4)16-11(20)14-7-9(17)15-8-5-6-8/h8H,5-7H2,1-4H3,(H,15,17)(H,18,19)(H2,14,16,20). The van der Waals surface area contributed by atoms with Crippen LogP contribution in [-0.4, -0.2) is 41.1 Å². The largest absolute Gasteiger partial charge is 0.481 e. The SMILES string of the molecule is CC(C)(NC(=O)NCC(=O)NC1CC1)C(C)(C)C(=O)O. The van der Waals surface area contributed by atoms with Crippen molar-refractivity contribution in [1.29, 1.82) is 0 Å². The van der Waals surface area contributed by atoms with E-state index in [1.807, 2.05) is 0 Å². The third-order valence-corrected chi connectivity index (χ3v) is 3.88. The van der Waals surface area contributed by atoms with Crippen molar-refractivity contribution in [2.24, 2.45) is 5.41 Å². The molecule has 1 rings (SSSR count). The van der Waals surface area contributed by atoms with Crippen molar-refractivity contribution in [3.05, 3.63) is 0 Å². The maximum absolute atomic E-state index is 11.7. The molecule has 0 spiro atoms. The second-order valence-electron chi connectivity index (χ2n) is 6.20. The van der Waals surface area contributed by atoms with Gasteiger partial charge in [0.25, 0.3) is 0 Å². The van der Waals surface area contributed by atoms with Gasteiger partial charge < -0.3 is 21.1 Å². The molecule has 7 nitrogen and oxygen atoms in total. The number of carboxylic acid groups (broad SMARTS) is 1. The lowest BCUT2D eigenvalue weighted by Gasteiger charge is -2.38. The Hall–Kier alpha value is -1.79. The molecule has 114 valence electrons. The summed E-state index contributed by atoms with van der Waals surface area (Å²) in [5.74, 6) is -1.24. The molecule has 0 aromatic carbocycles. The lowest BCUT2D eigenvalue weighted by atomic mass is 9.74. The van der Waals surface area contributed by atoms with Gasteiger partial charge in [0, 0.05) is 6.04 Å². The van der Waals surface area contributed by atoms with Gasteiger partial charge in [-0.1, -0.05) is 0 Å². The van der Waals surface area contributed by atoms with E-state index in [0.717, 1.165) is 12.8 Å². The summed E-state index contributed by atoms with van der Waals surface area (Å²) in [6.07, 6.45) is 1.97. The third-order valence-electron chi connectivity index (χ3n) is 3.88. The van der Waals surface area contributed by atoms with Gasteiger partial charge in [0.05, 0.1) is 17.5 Å². The zero-order chi connectivity index (χ0) is 15.6. The zero-order valence-corrected chi connectivity index (χ0v) is 12.4. The predicted octanol–water partition coefficient (Wildman–Crippen LogP) is 0.454. The number of amides is 3. The first-order valence-corrected chi connectivity index (χ1v) is 6.65. The highest BCUT2D eigenvalue weighted by atomic mass is 16.4. The molecule has 1 aliphatic rings. The van der Waals surface area contributed by atoms with Gasteiger partial charge in [-0.3, -0.25) is 9.59 Å². The van der Waals surface area contributed by atoms with Gasteiger partial charge in [0.15, 0.2) is 0 Å². The van der Waals surface area contributed by atoms with Crippen LogP contribution in [0.3, 0.4) is 0 Å². The maximum atomic E-state index is 11.7. The number of aliphatic carboxylic acids is 1. The van der Waals surface area contributed by atoms with Crippen LogP contribution in [0.25, 0.3) is 0 Å². The normalized spacial score (nSPS) is 15.4. The summed E-state index contributed by atoms with van der Waals surface area (Å²) in [7, 11) is 0. The molecule has 0 radical (unpaired) electrons. The van der Waals surface area contributed by atoms with E-state index in [1.165, 1.54) is 13.8 Å². The quantitative estimate of drug-likeness (QED) is 0.568. The molecule has 4 N–H and O–H groups in total. The minimum atomic E-state index is -1.14. The molecule has 7 heteroatoms. The number of hydrogen-bond acceptors (Lipinski definition) is 3. The molecule has 3 amide bonds. The molecule has 1 aliphatic carbocycles. The van der Waals surface area contributed by atoms with Crippen LogP contribution in [0.15, 0.2) is 0 Å². The van der Waals surface area contributed by atoms with Crippen molar-refractivity contribution in [2.75, 3.05) is 6.54 Å². The number of hydrogen-bond donors (Lipinski definition) is 4. The fraction of sp³-hybridized carbons (Fsp3) is 0.769. The van der Waals surface area contributed by atoms with Crippen molar-refractivity contribution in [1.82, 2.24) is 16.0 Å². The Morgan fingerprint density at radius 2 is 1.70 bits per heavy atom. The van der Waals surface area contributed by atoms with Crippen molar-refractivity contribution < 1.29 is 19.5 Å². The van der Waals surface area contributed by atoms with Crippen LogP contribution in [0.4, 0.5) is 4.79 Å². The molecular formula is C13H23N3O4. The minimum absolute atomic E-state index is 0.119. The summed E-state index contributed by atoms with van der Waals surface area (Å²) in [4.78, 5) is 34.4. The molecule has 0 unspecified atom stereocenters. The van der Waals surface area contributed by atoms with Crippen molar-refractivity contribution in [3.8, 4) is 0 Å². The lowest BCUT2D eigenvalue weighted by Crippen LogP contribution is -2.59. The van der Waals surface area contributed by atoms with E-state index in [-0.39, 0.29) is 18.5 Å². The highest BCUT2D eigenvalue weighted by Crippen LogP contribution is 2.30. The number of carbonyl (C=O) groups excluding carboxylic acids is 2. The molecule has 20 heavy (non-hydrogen) atoms. The average Bonchev–Trinajstić information content (AvgIpc) is 3.09. The molecule has 0 aliphatic heterocycles. The lowest BCUT2D eigenvalue weighted by molar-refractivity contribution is -0.150. The molecule has 1 saturated carbocycles. The average molecular weight is 285 g/mol. The molecular weight excluding hydrogens is 262 g/mol. The number of urea groups is 1. The second kappa shape index (κ2) is 5.68. The number of carboxylic acids is 1. The van der Waals surface area contributed by atoms with Crippen LogP contribution in [0.2, 0.25) is 0 Å². The molecule has 0 atom stereocenters. The summed E-state index contributed by atoms with van der Waals surface area (Å²) >= 11 is 0. The summed E-state index contributed by atoms with van der Waals surface area (Å²) in [5, 5.41) is 16.9.